The van der Waals surface area contributed by atoms with Crippen molar-refractivity contribution in [2.24, 2.45) is 0 Å². The van der Waals surface area contributed by atoms with Crippen LogP contribution in [-0.4, -0.2) is 28.0 Å². The van der Waals surface area contributed by atoms with Gasteiger partial charge in [-0.25, -0.2) is 13.2 Å². The van der Waals surface area contributed by atoms with Crippen molar-refractivity contribution in [3.8, 4) is 5.75 Å². The summed E-state index contributed by atoms with van der Waals surface area (Å²) in [5.74, 6) is -0.0215. The van der Waals surface area contributed by atoms with Crippen molar-refractivity contribution in [1.82, 2.24) is 0 Å². The van der Waals surface area contributed by atoms with Gasteiger partial charge in [-0.3, -0.25) is 9.10 Å². The highest BCUT2D eigenvalue weighted by atomic mass is 32.2. The number of anilines is 2. The van der Waals surface area contributed by atoms with Crippen LogP contribution in [0.2, 0.25) is 0 Å². The first-order chi connectivity index (χ1) is 16.9. The molecule has 9 heteroatoms. The lowest BCUT2D eigenvalue weighted by molar-refractivity contribution is 0.102. The molecule has 0 aliphatic carbocycles. The molecule has 0 atom stereocenters. The maximum atomic E-state index is 13.3. The zero-order chi connectivity index (χ0) is 24.6. The fourth-order valence-electron chi connectivity index (χ4n) is 4.18. The molecule has 0 spiro atoms. The molecule has 1 amide bonds. The Morgan fingerprint density at radius 2 is 1.80 bits per heavy atom. The van der Waals surface area contributed by atoms with Gasteiger partial charge < -0.3 is 14.5 Å². The minimum absolute atomic E-state index is 0.106. The van der Waals surface area contributed by atoms with E-state index in [-0.39, 0.29) is 10.5 Å². The average molecular weight is 491 g/mol. The van der Waals surface area contributed by atoms with Gasteiger partial charge in [0.05, 0.1) is 17.7 Å². The normalized spacial score (nSPS) is 13.3. The van der Waals surface area contributed by atoms with Crippen LogP contribution in [0.4, 0.5) is 11.4 Å². The number of nitrogens with zero attached hydrogens (tertiary/aromatic N) is 1. The second-order valence-corrected chi connectivity index (χ2v) is 10.0. The highest BCUT2D eigenvalue weighted by molar-refractivity contribution is 7.92. The number of benzene rings is 3. The van der Waals surface area contributed by atoms with Crippen molar-refractivity contribution in [1.29, 1.82) is 0 Å². The number of carbonyl (C=O) groups is 1. The molecule has 35 heavy (non-hydrogen) atoms. The van der Waals surface area contributed by atoms with Crippen LogP contribution in [0.25, 0.3) is 11.0 Å². The summed E-state index contributed by atoms with van der Waals surface area (Å²) in [6.07, 6.45) is 1.29. The van der Waals surface area contributed by atoms with Crippen molar-refractivity contribution >= 4 is 38.3 Å². The molecular formula is C26H22N2O6S. The summed E-state index contributed by atoms with van der Waals surface area (Å²) < 4.78 is 38.4. The van der Waals surface area contributed by atoms with Gasteiger partial charge in [-0.05, 0) is 73.0 Å². The van der Waals surface area contributed by atoms with Crippen LogP contribution < -0.4 is 20.0 Å². The molecule has 8 nitrogen and oxygen atoms in total. The second kappa shape index (κ2) is 8.92. The Hall–Kier alpha value is -4.11. The summed E-state index contributed by atoms with van der Waals surface area (Å²) in [5.41, 5.74) is 1.39. The molecule has 1 aromatic heterocycles. The van der Waals surface area contributed by atoms with Gasteiger partial charge in [0.1, 0.15) is 16.9 Å². The molecule has 0 saturated carbocycles. The molecule has 3 aromatic carbocycles. The third kappa shape index (κ3) is 4.26. The van der Waals surface area contributed by atoms with Gasteiger partial charge in [0.15, 0.2) is 0 Å². The monoisotopic (exact) mass is 490 g/mol. The van der Waals surface area contributed by atoms with Crippen LogP contribution in [0.15, 0.2) is 86.9 Å². The largest absolute Gasteiger partial charge is 0.497 e. The maximum absolute atomic E-state index is 13.3. The maximum Gasteiger partial charge on any atom is 0.349 e. The number of hydrogen-bond donors (Lipinski definition) is 1. The van der Waals surface area contributed by atoms with Crippen LogP contribution >= 0.6 is 0 Å². The number of ether oxygens (including phenoxy) is 1. The molecular weight excluding hydrogens is 468 g/mol. The predicted octanol–water partition coefficient (Wildman–Crippen LogP) is 4.20. The Kier molecular flexibility index (Phi) is 5.78. The van der Waals surface area contributed by atoms with Gasteiger partial charge in [0.25, 0.3) is 15.9 Å². The number of amides is 1. The molecule has 0 radical (unpaired) electrons. The van der Waals surface area contributed by atoms with Gasteiger partial charge in [-0.15, -0.1) is 0 Å². The van der Waals surface area contributed by atoms with Crippen molar-refractivity contribution < 1.29 is 22.4 Å². The molecule has 1 aliphatic heterocycles. The molecule has 0 unspecified atom stereocenters. The number of aryl methyl sites for hydroxylation is 1. The van der Waals surface area contributed by atoms with Gasteiger partial charge in [0, 0.05) is 17.6 Å². The number of methoxy groups -OCH3 is 1. The van der Waals surface area contributed by atoms with Crippen molar-refractivity contribution in [3.63, 3.8) is 0 Å². The summed E-state index contributed by atoms with van der Waals surface area (Å²) in [6.45, 7) is 0.352. The van der Waals surface area contributed by atoms with Crippen molar-refractivity contribution in [3.05, 3.63) is 94.3 Å². The first kappa shape index (κ1) is 22.7. The van der Waals surface area contributed by atoms with Crippen LogP contribution in [-0.2, 0) is 16.4 Å². The second-order valence-electron chi connectivity index (χ2n) is 8.14. The van der Waals surface area contributed by atoms with E-state index in [9.17, 15) is 18.0 Å². The zero-order valence-corrected chi connectivity index (χ0v) is 19.7. The fraction of sp³-hybridized carbons (Fsp3) is 0.154. The third-order valence-electron chi connectivity index (χ3n) is 5.95. The van der Waals surface area contributed by atoms with E-state index in [4.69, 9.17) is 9.15 Å². The zero-order valence-electron chi connectivity index (χ0n) is 18.9. The standard InChI is InChI=1S/C26H22N2O6S/c1-33-20-9-11-21(12-10-20)35(31,32)28-14-4-6-17-15-19(8-13-23(17)28)27-25(29)22-16-18-5-2-3-7-24(18)34-26(22)30/h2-3,5,7-13,15-16H,4,6,14H2,1H3,(H,27,29). The van der Waals surface area contributed by atoms with Gasteiger partial charge in [0.2, 0.25) is 0 Å². The predicted molar refractivity (Wildman–Crippen MR) is 133 cm³/mol. The Labute approximate surface area is 201 Å². The highest BCUT2D eigenvalue weighted by Crippen LogP contribution is 2.34. The highest BCUT2D eigenvalue weighted by Gasteiger charge is 2.29. The number of rotatable bonds is 5. The molecule has 0 fully saturated rings. The lowest BCUT2D eigenvalue weighted by Gasteiger charge is -2.31. The summed E-state index contributed by atoms with van der Waals surface area (Å²) in [5, 5.41) is 3.37. The number of para-hydroxylation sites is 1. The molecule has 178 valence electrons. The summed E-state index contributed by atoms with van der Waals surface area (Å²) in [6, 6.07) is 19.8. The van der Waals surface area contributed by atoms with E-state index in [0.29, 0.717) is 47.5 Å². The minimum Gasteiger partial charge on any atom is -0.497 e. The molecule has 1 N–H and O–H groups in total. The van der Waals surface area contributed by atoms with E-state index >= 15 is 0 Å². The SMILES string of the molecule is COc1ccc(S(=O)(=O)N2CCCc3cc(NC(=O)c4cc5ccccc5oc4=O)ccc32)cc1. The van der Waals surface area contributed by atoms with E-state index in [2.05, 4.69) is 5.32 Å². The molecule has 0 saturated heterocycles. The Morgan fingerprint density at radius 1 is 1.03 bits per heavy atom. The van der Waals surface area contributed by atoms with E-state index in [1.54, 1.807) is 54.6 Å². The number of nitrogens with one attached hydrogen (secondary N) is 1. The van der Waals surface area contributed by atoms with E-state index in [1.807, 2.05) is 0 Å². The Balaban J connectivity index is 1.42. The topological polar surface area (TPSA) is 106 Å². The minimum atomic E-state index is -3.77. The first-order valence-electron chi connectivity index (χ1n) is 11.0. The van der Waals surface area contributed by atoms with E-state index < -0.39 is 21.6 Å². The molecule has 5 rings (SSSR count). The lowest BCUT2D eigenvalue weighted by Crippen LogP contribution is -2.35. The van der Waals surface area contributed by atoms with E-state index in [1.165, 1.54) is 29.6 Å². The summed E-state index contributed by atoms with van der Waals surface area (Å²) in [7, 11) is -2.25. The van der Waals surface area contributed by atoms with Gasteiger partial charge >= 0.3 is 5.63 Å². The third-order valence-corrected chi connectivity index (χ3v) is 7.77. The quantitative estimate of drug-likeness (QED) is 0.421. The number of fused-ring (bicyclic) bond motifs is 2. The van der Waals surface area contributed by atoms with Crippen molar-refractivity contribution in [2.75, 3.05) is 23.3 Å². The lowest BCUT2D eigenvalue weighted by atomic mass is 10.0. The smallest absolute Gasteiger partial charge is 0.349 e. The Morgan fingerprint density at radius 3 is 2.57 bits per heavy atom. The molecule has 4 aromatic rings. The first-order valence-corrected chi connectivity index (χ1v) is 12.4. The fourth-order valence-corrected chi connectivity index (χ4v) is 5.72. The van der Waals surface area contributed by atoms with E-state index in [0.717, 1.165) is 5.56 Å². The van der Waals surface area contributed by atoms with Crippen molar-refractivity contribution in [2.45, 2.75) is 17.7 Å². The molecule has 1 aliphatic rings. The number of hydrogen-bond acceptors (Lipinski definition) is 6. The summed E-state index contributed by atoms with van der Waals surface area (Å²) >= 11 is 0. The number of carbonyl (C=O) groups excluding carboxylic acids is 1. The van der Waals surface area contributed by atoms with Crippen LogP contribution in [0.5, 0.6) is 5.75 Å². The Bertz CT molecular complexity index is 1590. The number of sulfonamides is 1. The van der Waals surface area contributed by atoms with Crippen LogP contribution in [0, 0.1) is 0 Å². The van der Waals surface area contributed by atoms with Gasteiger partial charge in [-0.1, -0.05) is 18.2 Å². The van der Waals surface area contributed by atoms with Gasteiger partial charge in [-0.2, -0.15) is 0 Å². The molecule has 0 bridgehead atoms. The van der Waals surface area contributed by atoms with Crippen LogP contribution in [0.3, 0.4) is 0 Å². The average Bonchev–Trinajstić information content (AvgIpc) is 2.87. The summed E-state index contributed by atoms with van der Waals surface area (Å²) in [4.78, 5) is 25.3. The molecule has 2 heterocycles. The van der Waals surface area contributed by atoms with Crippen LogP contribution in [0.1, 0.15) is 22.3 Å².